The lowest BCUT2D eigenvalue weighted by Crippen LogP contribution is -2.05. The maximum atomic E-state index is 4.71. The summed E-state index contributed by atoms with van der Waals surface area (Å²) in [4.78, 5) is 7.42. The molecule has 0 bridgehead atoms. The number of thioether (sulfide) groups is 1. The van der Waals surface area contributed by atoms with Gasteiger partial charge in [0.25, 0.3) is 5.78 Å². The number of aromatic nitrogens is 6. The van der Waals surface area contributed by atoms with Gasteiger partial charge in [-0.05, 0) is 43.9 Å². The number of thiophene rings is 1. The van der Waals surface area contributed by atoms with E-state index in [1.54, 1.807) is 11.8 Å². The molecule has 0 fully saturated rings. The lowest BCUT2D eigenvalue weighted by atomic mass is 9.87. The van der Waals surface area contributed by atoms with Crippen LogP contribution < -0.4 is 0 Å². The van der Waals surface area contributed by atoms with E-state index in [2.05, 4.69) is 26.6 Å². The Morgan fingerprint density at radius 2 is 2.17 bits per heavy atom. The topological polar surface area (TPSA) is 60.4 Å². The van der Waals surface area contributed by atoms with Crippen LogP contribution in [0.5, 0.6) is 0 Å². The molecule has 0 saturated heterocycles. The van der Waals surface area contributed by atoms with Crippen LogP contribution in [0.25, 0.3) is 21.6 Å². The zero-order valence-electron chi connectivity index (χ0n) is 13.2. The van der Waals surface area contributed by atoms with Gasteiger partial charge in [-0.25, -0.2) is 9.38 Å². The maximum Gasteiger partial charge on any atom is 0.260 e. The molecule has 1 atom stereocenters. The van der Waals surface area contributed by atoms with E-state index >= 15 is 0 Å². The molecule has 1 aliphatic carbocycles. The molecule has 23 heavy (non-hydrogen) atoms. The van der Waals surface area contributed by atoms with E-state index in [-0.39, 0.29) is 0 Å². The first-order valence-electron chi connectivity index (χ1n) is 7.78. The van der Waals surface area contributed by atoms with Crippen LogP contribution in [0.2, 0.25) is 0 Å². The SMILES string of the molecule is CSc1nnc2n3nc(C)nc3c3c4c(sc3n12)CCC[C@H]4C. The van der Waals surface area contributed by atoms with Crippen molar-refractivity contribution in [3.05, 3.63) is 16.3 Å². The molecule has 4 aromatic heterocycles. The van der Waals surface area contributed by atoms with Gasteiger partial charge in [0.2, 0.25) is 0 Å². The van der Waals surface area contributed by atoms with Gasteiger partial charge in [0.1, 0.15) is 10.7 Å². The second-order valence-corrected chi connectivity index (χ2v) is 7.99. The van der Waals surface area contributed by atoms with Gasteiger partial charge >= 0.3 is 0 Å². The quantitative estimate of drug-likeness (QED) is 0.495. The largest absolute Gasteiger partial charge is 0.260 e. The molecule has 8 heteroatoms. The van der Waals surface area contributed by atoms with Gasteiger partial charge in [-0.15, -0.1) is 26.6 Å². The number of rotatable bonds is 1. The van der Waals surface area contributed by atoms with Gasteiger partial charge in [0.05, 0.1) is 5.39 Å². The first-order chi connectivity index (χ1) is 11.2. The molecule has 0 radical (unpaired) electrons. The summed E-state index contributed by atoms with van der Waals surface area (Å²) in [5.74, 6) is 2.10. The van der Waals surface area contributed by atoms with Crippen molar-refractivity contribution in [2.45, 2.75) is 44.2 Å². The Bertz CT molecular complexity index is 1070. The van der Waals surface area contributed by atoms with Gasteiger partial charge < -0.3 is 0 Å². The lowest BCUT2D eigenvalue weighted by Gasteiger charge is -2.18. The van der Waals surface area contributed by atoms with Crippen molar-refractivity contribution < 1.29 is 0 Å². The maximum absolute atomic E-state index is 4.71. The molecule has 4 heterocycles. The average Bonchev–Trinajstić information content (AvgIpc) is 3.19. The van der Waals surface area contributed by atoms with Crippen molar-refractivity contribution in [1.82, 2.24) is 29.2 Å². The van der Waals surface area contributed by atoms with Crippen molar-refractivity contribution in [3.63, 3.8) is 0 Å². The first-order valence-corrected chi connectivity index (χ1v) is 9.83. The van der Waals surface area contributed by atoms with Crippen molar-refractivity contribution in [1.29, 1.82) is 0 Å². The predicted octanol–water partition coefficient (Wildman–Crippen LogP) is 3.46. The van der Waals surface area contributed by atoms with Crippen LogP contribution in [0.15, 0.2) is 5.16 Å². The van der Waals surface area contributed by atoms with E-state index in [0.29, 0.717) is 5.92 Å². The predicted molar refractivity (Wildman–Crippen MR) is 92.8 cm³/mol. The molecular formula is C15H16N6S2. The molecule has 0 amide bonds. The highest BCUT2D eigenvalue weighted by atomic mass is 32.2. The Morgan fingerprint density at radius 3 is 3.00 bits per heavy atom. The summed E-state index contributed by atoms with van der Waals surface area (Å²) in [7, 11) is 0. The van der Waals surface area contributed by atoms with Crippen LogP contribution in [0.4, 0.5) is 0 Å². The molecule has 0 aliphatic heterocycles. The van der Waals surface area contributed by atoms with E-state index < -0.39 is 0 Å². The van der Waals surface area contributed by atoms with E-state index in [1.165, 1.54) is 33.5 Å². The molecule has 1 aliphatic rings. The Hall–Kier alpha value is -1.67. The fourth-order valence-electron chi connectivity index (χ4n) is 3.70. The summed E-state index contributed by atoms with van der Waals surface area (Å²) in [6.45, 7) is 4.26. The molecule has 0 aromatic carbocycles. The minimum Gasteiger partial charge on any atom is -0.244 e. The van der Waals surface area contributed by atoms with Crippen molar-refractivity contribution in [2.75, 3.05) is 6.26 Å². The number of aryl methyl sites for hydroxylation is 2. The molecule has 6 nitrogen and oxygen atoms in total. The molecule has 5 rings (SSSR count). The van der Waals surface area contributed by atoms with Gasteiger partial charge in [-0.2, -0.15) is 4.52 Å². The molecule has 118 valence electrons. The van der Waals surface area contributed by atoms with E-state index in [4.69, 9.17) is 4.98 Å². The number of nitrogens with zero attached hydrogens (tertiary/aromatic N) is 6. The lowest BCUT2D eigenvalue weighted by molar-refractivity contribution is 0.602. The zero-order valence-corrected chi connectivity index (χ0v) is 14.8. The molecular weight excluding hydrogens is 328 g/mol. The third-order valence-corrected chi connectivity index (χ3v) is 6.55. The molecule has 0 saturated carbocycles. The van der Waals surface area contributed by atoms with E-state index in [1.807, 2.05) is 29.0 Å². The Kier molecular flexibility index (Phi) is 2.79. The van der Waals surface area contributed by atoms with Gasteiger partial charge in [-0.1, -0.05) is 18.7 Å². The highest BCUT2D eigenvalue weighted by Gasteiger charge is 2.27. The van der Waals surface area contributed by atoms with Crippen LogP contribution in [-0.4, -0.2) is 35.5 Å². The smallest absolute Gasteiger partial charge is 0.244 e. The van der Waals surface area contributed by atoms with Crippen LogP contribution >= 0.6 is 23.1 Å². The summed E-state index contributed by atoms with van der Waals surface area (Å²) in [5, 5.41) is 15.4. The molecule has 4 aromatic rings. The van der Waals surface area contributed by atoms with E-state index in [0.717, 1.165) is 28.8 Å². The summed E-state index contributed by atoms with van der Waals surface area (Å²) in [6.07, 6.45) is 5.71. The van der Waals surface area contributed by atoms with Crippen molar-refractivity contribution in [3.8, 4) is 0 Å². The first kappa shape index (κ1) is 13.7. The second kappa shape index (κ2) is 4.67. The zero-order chi connectivity index (χ0) is 15.7. The Morgan fingerprint density at radius 1 is 1.30 bits per heavy atom. The third kappa shape index (κ3) is 1.70. The normalized spacial score (nSPS) is 18.3. The molecule has 0 spiro atoms. The standard InChI is InChI=1S/C15H16N6S2/c1-7-5-4-6-9-10(7)11-12-16-8(2)19-21(12)14-17-18-15(22-3)20(14)13(11)23-9/h7H,4-6H2,1-3H3/t7-/m1/s1. The van der Waals surface area contributed by atoms with Gasteiger partial charge in [-0.3, -0.25) is 0 Å². The number of hydrogen-bond acceptors (Lipinski definition) is 6. The highest BCUT2D eigenvalue weighted by molar-refractivity contribution is 7.98. The van der Waals surface area contributed by atoms with Crippen molar-refractivity contribution >= 4 is 44.7 Å². The van der Waals surface area contributed by atoms with Crippen LogP contribution in [0.3, 0.4) is 0 Å². The monoisotopic (exact) mass is 344 g/mol. The fraction of sp³-hybridized carbons (Fsp3) is 0.467. The average molecular weight is 344 g/mol. The second-order valence-electron chi connectivity index (χ2n) is 6.13. The summed E-state index contributed by atoms with van der Waals surface area (Å²) < 4.78 is 4.01. The van der Waals surface area contributed by atoms with Crippen LogP contribution in [0.1, 0.15) is 41.9 Å². The minimum atomic E-state index is 0.569. The third-order valence-electron chi connectivity index (χ3n) is 4.67. The number of hydrogen-bond donors (Lipinski definition) is 0. The summed E-state index contributed by atoms with van der Waals surface area (Å²) in [6, 6.07) is 0. The van der Waals surface area contributed by atoms with Gasteiger partial charge in [0.15, 0.2) is 10.8 Å². The highest BCUT2D eigenvalue weighted by Crippen LogP contribution is 2.44. The van der Waals surface area contributed by atoms with Crippen LogP contribution in [0, 0.1) is 6.92 Å². The van der Waals surface area contributed by atoms with Crippen LogP contribution in [-0.2, 0) is 6.42 Å². The fourth-order valence-corrected chi connectivity index (χ4v) is 5.69. The number of fused-ring (bicyclic) bond motifs is 8. The van der Waals surface area contributed by atoms with Gasteiger partial charge in [0, 0.05) is 4.88 Å². The van der Waals surface area contributed by atoms with Crippen molar-refractivity contribution in [2.24, 2.45) is 0 Å². The minimum absolute atomic E-state index is 0.569. The summed E-state index contributed by atoms with van der Waals surface area (Å²) in [5.41, 5.74) is 2.40. The molecule has 0 unspecified atom stereocenters. The Balaban J connectivity index is 2.09. The summed E-state index contributed by atoms with van der Waals surface area (Å²) >= 11 is 3.50. The van der Waals surface area contributed by atoms with E-state index in [9.17, 15) is 0 Å². The molecule has 0 N–H and O–H groups in total. The Labute approximate surface area is 140 Å².